The predicted octanol–water partition coefficient (Wildman–Crippen LogP) is 2.75. The fraction of sp³-hybridized carbons (Fsp3) is 0.556. The standard InChI is InChI=1S/C18H29N3O6/c1-5-24-14-11-13(12-15(25-6-2)16(14)26-7-3)21-17(22)19-9-10-20-18(23)27-8-4/h11-12H,5-10H2,1-4H3,(H,20,23)(H2,19,21,22). The zero-order valence-corrected chi connectivity index (χ0v) is 16.3. The van der Waals surface area contributed by atoms with E-state index in [-0.39, 0.29) is 13.1 Å². The van der Waals surface area contributed by atoms with Crippen LogP contribution in [0.1, 0.15) is 27.7 Å². The molecule has 152 valence electrons. The van der Waals surface area contributed by atoms with Gasteiger partial charge in [0.1, 0.15) is 0 Å². The third-order valence-electron chi connectivity index (χ3n) is 3.12. The fourth-order valence-electron chi connectivity index (χ4n) is 2.16. The summed E-state index contributed by atoms with van der Waals surface area (Å²) < 4.78 is 21.6. The van der Waals surface area contributed by atoms with Gasteiger partial charge >= 0.3 is 12.1 Å². The molecular formula is C18H29N3O6. The van der Waals surface area contributed by atoms with E-state index in [1.54, 1.807) is 19.1 Å². The summed E-state index contributed by atoms with van der Waals surface area (Å²) in [5.41, 5.74) is 0.501. The maximum atomic E-state index is 12.1. The van der Waals surface area contributed by atoms with Crippen LogP contribution in [0.15, 0.2) is 12.1 Å². The van der Waals surface area contributed by atoms with E-state index in [0.717, 1.165) is 0 Å². The first-order chi connectivity index (χ1) is 13.0. The minimum Gasteiger partial charge on any atom is -0.490 e. The minimum absolute atomic E-state index is 0.248. The molecule has 0 fully saturated rings. The lowest BCUT2D eigenvalue weighted by Crippen LogP contribution is -2.37. The van der Waals surface area contributed by atoms with Crippen molar-refractivity contribution in [1.82, 2.24) is 10.6 Å². The number of hydrogen-bond donors (Lipinski definition) is 3. The Bertz CT molecular complexity index is 582. The first kappa shape index (κ1) is 22.2. The second-order valence-corrected chi connectivity index (χ2v) is 5.13. The van der Waals surface area contributed by atoms with Gasteiger partial charge in [-0.1, -0.05) is 0 Å². The molecule has 9 heteroatoms. The van der Waals surface area contributed by atoms with Crippen LogP contribution in [0.25, 0.3) is 0 Å². The van der Waals surface area contributed by atoms with Gasteiger partial charge in [0, 0.05) is 25.2 Å². The number of alkyl carbamates (subject to hydrolysis) is 1. The summed E-state index contributed by atoms with van der Waals surface area (Å²) in [4.78, 5) is 23.2. The van der Waals surface area contributed by atoms with E-state index < -0.39 is 12.1 Å². The predicted molar refractivity (Wildman–Crippen MR) is 102 cm³/mol. The highest BCUT2D eigenvalue weighted by molar-refractivity contribution is 5.90. The van der Waals surface area contributed by atoms with E-state index in [2.05, 4.69) is 16.0 Å². The lowest BCUT2D eigenvalue weighted by Gasteiger charge is -2.17. The van der Waals surface area contributed by atoms with Crippen molar-refractivity contribution in [2.75, 3.05) is 44.8 Å². The monoisotopic (exact) mass is 383 g/mol. The number of benzene rings is 1. The van der Waals surface area contributed by atoms with Crippen LogP contribution in [-0.2, 0) is 4.74 Å². The number of rotatable bonds is 11. The molecule has 1 rings (SSSR count). The number of carbonyl (C=O) groups excluding carboxylic acids is 2. The summed E-state index contributed by atoms with van der Waals surface area (Å²) in [5.74, 6) is 1.49. The Balaban J connectivity index is 2.72. The highest BCUT2D eigenvalue weighted by atomic mass is 16.5. The van der Waals surface area contributed by atoms with E-state index in [1.807, 2.05) is 20.8 Å². The van der Waals surface area contributed by atoms with Gasteiger partial charge in [-0.2, -0.15) is 0 Å². The number of ether oxygens (including phenoxy) is 4. The molecule has 0 saturated heterocycles. The normalized spacial score (nSPS) is 9.93. The van der Waals surface area contributed by atoms with Crippen molar-refractivity contribution in [3.8, 4) is 17.2 Å². The average molecular weight is 383 g/mol. The molecule has 3 N–H and O–H groups in total. The van der Waals surface area contributed by atoms with Gasteiger partial charge in [0.25, 0.3) is 0 Å². The molecule has 0 aliphatic rings. The average Bonchev–Trinajstić information content (AvgIpc) is 2.62. The summed E-state index contributed by atoms with van der Waals surface area (Å²) >= 11 is 0. The molecule has 0 bridgehead atoms. The maximum Gasteiger partial charge on any atom is 0.407 e. The summed E-state index contributed by atoms with van der Waals surface area (Å²) in [6, 6.07) is 2.93. The molecule has 0 atom stereocenters. The van der Waals surface area contributed by atoms with Gasteiger partial charge in [-0.25, -0.2) is 9.59 Å². The number of carbonyl (C=O) groups is 2. The van der Waals surface area contributed by atoms with E-state index in [1.165, 1.54) is 0 Å². The highest BCUT2D eigenvalue weighted by Gasteiger charge is 2.16. The molecule has 0 radical (unpaired) electrons. The van der Waals surface area contributed by atoms with Gasteiger partial charge in [0.2, 0.25) is 5.75 Å². The number of nitrogens with one attached hydrogen (secondary N) is 3. The molecule has 0 saturated carbocycles. The van der Waals surface area contributed by atoms with Crippen molar-refractivity contribution in [3.63, 3.8) is 0 Å². The van der Waals surface area contributed by atoms with Crippen LogP contribution >= 0.6 is 0 Å². The molecule has 1 aromatic carbocycles. The van der Waals surface area contributed by atoms with Crippen LogP contribution in [0.4, 0.5) is 15.3 Å². The first-order valence-electron chi connectivity index (χ1n) is 9.07. The molecule has 1 aromatic rings. The van der Waals surface area contributed by atoms with Crippen LogP contribution in [0.3, 0.4) is 0 Å². The van der Waals surface area contributed by atoms with E-state index in [4.69, 9.17) is 18.9 Å². The summed E-state index contributed by atoms with van der Waals surface area (Å²) in [6.07, 6.45) is -0.520. The Hall–Kier alpha value is -2.84. The molecule has 3 amide bonds. The molecule has 0 aromatic heterocycles. The van der Waals surface area contributed by atoms with Crippen LogP contribution in [-0.4, -0.2) is 51.6 Å². The quantitative estimate of drug-likeness (QED) is 0.507. The first-order valence-corrected chi connectivity index (χ1v) is 9.07. The van der Waals surface area contributed by atoms with Crippen LogP contribution < -0.4 is 30.2 Å². The number of amides is 3. The van der Waals surface area contributed by atoms with Crippen molar-refractivity contribution in [2.24, 2.45) is 0 Å². The molecule has 0 unspecified atom stereocenters. The summed E-state index contributed by atoms with van der Waals surface area (Å²) in [5, 5.41) is 7.87. The number of hydrogen-bond acceptors (Lipinski definition) is 6. The van der Waals surface area contributed by atoms with Crippen molar-refractivity contribution in [2.45, 2.75) is 27.7 Å². The van der Waals surface area contributed by atoms with E-state index in [9.17, 15) is 9.59 Å². The minimum atomic E-state index is -0.520. The highest BCUT2D eigenvalue weighted by Crippen LogP contribution is 2.40. The van der Waals surface area contributed by atoms with Gasteiger partial charge in [-0.05, 0) is 27.7 Å². The Kier molecular flexibility index (Phi) is 10.3. The van der Waals surface area contributed by atoms with E-state index >= 15 is 0 Å². The SMILES string of the molecule is CCOC(=O)NCCNC(=O)Nc1cc(OCC)c(OCC)c(OCC)c1. The maximum absolute atomic E-state index is 12.1. The second-order valence-electron chi connectivity index (χ2n) is 5.13. The number of urea groups is 1. The van der Waals surface area contributed by atoms with Crippen LogP contribution in [0.2, 0.25) is 0 Å². The van der Waals surface area contributed by atoms with Gasteiger partial charge in [-0.15, -0.1) is 0 Å². The van der Waals surface area contributed by atoms with Crippen molar-refractivity contribution < 1.29 is 28.5 Å². The zero-order chi connectivity index (χ0) is 20.1. The number of anilines is 1. The van der Waals surface area contributed by atoms with Crippen LogP contribution in [0.5, 0.6) is 17.2 Å². The molecule has 0 heterocycles. The lowest BCUT2D eigenvalue weighted by atomic mass is 10.2. The lowest BCUT2D eigenvalue weighted by molar-refractivity contribution is 0.152. The molecule has 0 aliphatic carbocycles. The van der Waals surface area contributed by atoms with Gasteiger partial charge in [0.15, 0.2) is 11.5 Å². The Morgan fingerprint density at radius 3 is 1.89 bits per heavy atom. The molecule has 0 spiro atoms. The topological polar surface area (TPSA) is 107 Å². The van der Waals surface area contributed by atoms with Crippen molar-refractivity contribution in [3.05, 3.63) is 12.1 Å². The van der Waals surface area contributed by atoms with Gasteiger partial charge in [0.05, 0.1) is 32.1 Å². The smallest absolute Gasteiger partial charge is 0.407 e. The Morgan fingerprint density at radius 2 is 1.37 bits per heavy atom. The Labute approximate surface area is 159 Å². The third-order valence-corrected chi connectivity index (χ3v) is 3.12. The molecular weight excluding hydrogens is 354 g/mol. The largest absolute Gasteiger partial charge is 0.490 e. The van der Waals surface area contributed by atoms with Gasteiger partial charge in [-0.3, -0.25) is 0 Å². The van der Waals surface area contributed by atoms with Crippen molar-refractivity contribution >= 4 is 17.8 Å². The van der Waals surface area contributed by atoms with E-state index in [0.29, 0.717) is 49.4 Å². The summed E-state index contributed by atoms with van der Waals surface area (Å²) in [7, 11) is 0. The zero-order valence-electron chi connectivity index (χ0n) is 16.3. The van der Waals surface area contributed by atoms with Crippen LogP contribution in [0, 0.1) is 0 Å². The molecule has 9 nitrogen and oxygen atoms in total. The molecule has 27 heavy (non-hydrogen) atoms. The molecule has 0 aliphatic heterocycles. The van der Waals surface area contributed by atoms with Gasteiger partial charge < -0.3 is 34.9 Å². The Morgan fingerprint density at radius 1 is 0.815 bits per heavy atom. The second kappa shape index (κ2) is 12.5. The fourth-order valence-corrected chi connectivity index (χ4v) is 2.16. The van der Waals surface area contributed by atoms with Crippen molar-refractivity contribution in [1.29, 1.82) is 0 Å². The third kappa shape index (κ3) is 7.93. The summed E-state index contributed by atoms with van der Waals surface area (Å²) in [6.45, 7) is 9.45.